The highest BCUT2D eigenvalue weighted by molar-refractivity contribution is 7.99. The zero-order valence-electron chi connectivity index (χ0n) is 16.4. The third-order valence-electron chi connectivity index (χ3n) is 5.16. The standard InChI is InChI=1S/C22H24N4OS/c1-15(2)17-8-10-19(11-9-17)25-14-23-24-22(25)28-13-21(27)26-16(3)12-18-6-4-5-7-20(18)26/h4-11,14-16H,12-13H2,1-3H3. The second-order valence-electron chi connectivity index (χ2n) is 7.46. The average molecular weight is 393 g/mol. The molecule has 1 aromatic heterocycles. The molecule has 1 atom stereocenters. The number of rotatable bonds is 5. The monoisotopic (exact) mass is 392 g/mol. The highest BCUT2D eigenvalue weighted by atomic mass is 32.2. The van der Waals surface area contributed by atoms with Crippen LogP contribution in [-0.4, -0.2) is 32.5 Å². The Hall–Kier alpha value is -2.60. The van der Waals surface area contributed by atoms with Crippen molar-refractivity contribution in [3.05, 3.63) is 66.0 Å². The van der Waals surface area contributed by atoms with Gasteiger partial charge in [-0.05, 0) is 48.6 Å². The van der Waals surface area contributed by atoms with Crippen molar-refractivity contribution in [3.8, 4) is 5.69 Å². The predicted molar refractivity (Wildman–Crippen MR) is 113 cm³/mol. The zero-order chi connectivity index (χ0) is 19.7. The van der Waals surface area contributed by atoms with Gasteiger partial charge in [-0.2, -0.15) is 0 Å². The van der Waals surface area contributed by atoms with E-state index in [2.05, 4.69) is 61.3 Å². The van der Waals surface area contributed by atoms with Gasteiger partial charge in [0.05, 0.1) is 5.75 Å². The number of para-hydroxylation sites is 1. The molecule has 2 aromatic carbocycles. The van der Waals surface area contributed by atoms with E-state index in [9.17, 15) is 4.79 Å². The molecule has 2 heterocycles. The maximum absolute atomic E-state index is 12.9. The molecule has 0 saturated carbocycles. The summed E-state index contributed by atoms with van der Waals surface area (Å²) in [5.74, 6) is 0.931. The van der Waals surface area contributed by atoms with Crippen molar-refractivity contribution in [1.82, 2.24) is 14.8 Å². The van der Waals surface area contributed by atoms with Crippen molar-refractivity contribution < 1.29 is 4.79 Å². The minimum absolute atomic E-state index is 0.104. The fourth-order valence-electron chi connectivity index (χ4n) is 3.66. The predicted octanol–water partition coefficient (Wildman–Crippen LogP) is 4.46. The summed E-state index contributed by atoms with van der Waals surface area (Å²) in [5.41, 5.74) is 4.57. The van der Waals surface area contributed by atoms with Crippen LogP contribution in [0, 0.1) is 0 Å². The largest absolute Gasteiger partial charge is 0.308 e. The van der Waals surface area contributed by atoms with E-state index in [0.29, 0.717) is 11.7 Å². The Balaban J connectivity index is 1.48. The number of hydrogen-bond donors (Lipinski definition) is 0. The van der Waals surface area contributed by atoms with Gasteiger partial charge in [-0.25, -0.2) is 0 Å². The lowest BCUT2D eigenvalue weighted by atomic mass is 10.0. The first kappa shape index (κ1) is 18.7. The smallest absolute Gasteiger partial charge is 0.237 e. The molecule has 0 aliphatic carbocycles. The van der Waals surface area contributed by atoms with Gasteiger partial charge in [-0.3, -0.25) is 9.36 Å². The van der Waals surface area contributed by atoms with Crippen molar-refractivity contribution >= 4 is 23.4 Å². The Kier molecular flexibility index (Phi) is 5.22. The molecule has 144 valence electrons. The van der Waals surface area contributed by atoms with E-state index < -0.39 is 0 Å². The molecule has 3 aromatic rings. The molecule has 6 heteroatoms. The fourth-order valence-corrected chi connectivity index (χ4v) is 4.45. The Bertz CT molecular complexity index is 980. The second-order valence-corrected chi connectivity index (χ2v) is 8.41. The third-order valence-corrected chi connectivity index (χ3v) is 6.08. The number of nitrogens with zero attached hydrogens (tertiary/aromatic N) is 4. The zero-order valence-corrected chi connectivity index (χ0v) is 17.2. The Morgan fingerprint density at radius 1 is 1.18 bits per heavy atom. The van der Waals surface area contributed by atoms with Gasteiger partial charge in [-0.1, -0.05) is 55.9 Å². The molecule has 1 aliphatic heterocycles. The molecule has 0 spiro atoms. The van der Waals surface area contributed by atoms with E-state index in [1.165, 1.54) is 22.9 Å². The van der Waals surface area contributed by atoms with Crippen molar-refractivity contribution in [3.63, 3.8) is 0 Å². The van der Waals surface area contributed by atoms with E-state index in [-0.39, 0.29) is 11.9 Å². The lowest BCUT2D eigenvalue weighted by molar-refractivity contribution is -0.116. The van der Waals surface area contributed by atoms with E-state index in [0.717, 1.165) is 23.0 Å². The number of anilines is 1. The second kappa shape index (κ2) is 7.80. The van der Waals surface area contributed by atoms with Crippen molar-refractivity contribution in [2.45, 2.75) is 44.3 Å². The molecule has 0 radical (unpaired) electrons. The maximum atomic E-state index is 12.9. The summed E-state index contributed by atoms with van der Waals surface area (Å²) >= 11 is 1.43. The molecule has 1 unspecified atom stereocenters. The molecule has 0 N–H and O–H groups in total. The van der Waals surface area contributed by atoms with Crippen LogP contribution in [0.2, 0.25) is 0 Å². The van der Waals surface area contributed by atoms with E-state index in [1.54, 1.807) is 6.33 Å². The highest BCUT2D eigenvalue weighted by Crippen LogP contribution is 2.33. The molecule has 0 saturated heterocycles. The minimum atomic E-state index is 0.104. The third kappa shape index (κ3) is 3.56. The Morgan fingerprint density at radius 3 is 2.68 bits per heavy atom. The van der Waals surface area contributed by atoms with Gasteiger partial charge in [0.1, 0.15) is 6.33 Å². The van der Waals surface area contributed by atoms with Crippen LogP contribution in [0.1, 0.15) is 37.8 Å². The summed E-state index contributed by atoms with van der Waals surface area (Å²) in [6.07, 6.45) is 2.61. The van der Waals surface area contributed by atoms with Crippen LogP contribution in [-0.2, 0) is 11.2 Å². The van der Waals surface area contributed by atoms with E-state index >= 15 is 0 Å². The molecule has 4 rings (SSSR count). The first-order valence-electron chi connectivity index (χ1n) is 9.57. The highest BCUT2D eigenvalue weighted by Gasteiger charge is 2.30. The molecular formula is C22H24N4OS. The first-order valence-corrected chi connectivity index (χ1v) is 10.6. The van der Waals surface area contributed by atoms with Gasteiger partial charge in [0, 0.05) is 17.4 Å². The van der Waals surface area contributed by atoms with Crippen molar-refractivity contribution in [2.24, 2.45) is 0 Å². The van der Waals surface area contributed by atoms with Gasteiger partial charge >= 0.3 is 0 Å². The van der Waals surface area contributed by atoms with Crippen LogP contribution in [0.15, 0.2) is 60.0 Å². The maximum Gasteiger partial charge on any atom is 0.237 e. The molecule has 5 nitrogen and oxygen atoms in total. The molecular weight excluding hydrogens is 368 g/mol. The van der Waals surface area contributed by atoms with Gasteiger partial charge in [0.25, 0.3) is 0 Å². The number of carbonyl (C=O) groups is 1. The van der Waals surface area contributed by atoms with Crippen LogP contribution in [0.5, 0.6) is 0 Å². The summed E-state index contributed by atoms with van der Waals surface area (Å²) in [5, 5.41) is 8.99. The number of thioether (sulfide) groups is 1. The lowest BCUT2D eigenvalue weighted by Gasteiger charge is -2.22. The number of hydrogen-bond acceptors (Lipinski definition) is 4. The first-order chi connectivity index (χ1) is 13.5. The number of amides is 1. The number of aromatic nitrogens is 3. The normalized spacial score (nSPS) is 15.9. The van der Waals surface area contributed by atoms with Crippen LogP contribution in [0.4, 0.5) is 5.69 Å². The topological polar surface area (TPSA) is 51.0 Å². The lowest BCUT2D eigenvalue weighted by Crippen LogP contribution is -2.37. The molecule has 0 fully saturated rings. The van der Waals surface area contributed by atoms with Gasteiger partial charge in [0.15, 0.2) is 5.16 Å². The van der Waals surface area contributed by atoms with Crippen LogP contribution >= 0.6 is 11.8 Å². The van der Waals surface area contributed by atoms with Crippen LogP contribution in [0.3, 0.4) is 0 Å². The van der Waals surface area contributed by atoms with Crippen LogP contribution < -0.4 is 4.90 Å². The van der Waals surface area contributed by atoms with E-state index in [1.807, 2.05) is 27.7 Å². The number of benzene rings is 2. The summed E-state index contributed by atoms with van der Waals surface area (Å²) < 4.78 is 1.93. The van der Waals surface area contributed by atoms with Crippen molar-refractivity contribution in [1.29, 1.82) is 0 Å². The number of fused-ring (bicyclic) bond motifs is 1. The minimum Gasteiger partial charge on any atom is -0.308 e. The Labute approximate surface area is 169 Å². The van der Waals surface area contributed by atoms with Gasteiger partial charge < -0.3 is 4.90 Å². The molecule has 0 bridgehead atoms. The number of carbonyl (C=O) groups excluding carboxylic acids is 1. The molecule has 28 heavy (non-hydrogen) atoms. The summed E-state index contributed by atoms with van der Waals surface area (Å²) in [6, 6.07) is 16.7. The summed E-state index contributed by atoms with van der Waals surface area (Å²) in [7, 11) is 0. The fraction of sp³-hybridized carbons (Fsp3) is 0.318. The summed E-state index contributed by atoms with van der Waals surface area (Å²) in [6.45, 7) is 6.46. The van der Waals surface area contributed by atoms with E-state index in [4.69, 9.17) is 0 Å². The van der Waals surface area contributed by atoms with Crippen molar-refractivity contribution in [2.75, 3.05) is 10.7 Å². The quantitative estimate of drug-likeness (QED) is 0.602. The molecule has 1 amide bonds. The summed E-state index contributed by atoms with van der Waals surface area (Å²) in [4.78, 5) is 14.8. The molecule has 1 aliphatic rings. The Morgan fingerprint density at radius 2 is 1.93 bits per heavy atom. The average Bonchev–Trinajstić information content (AvgIpc) is 3.29. The SMILES string of the molecule is CC(C)c1ccc(-n2cnnc2SCC(=O)N2c3ccccc3CC2C)cc1. The van der Waals surface area contributed by atoms with Crippen LogP contribution in [0.25, 0.3) is 5.69 Å². The van der Waals surface area contributed by atoms with Gasteiger partial charge in [-0.15, -0.1) is 10.2 Å². The van der Waals surface area contributed by atoms with Gasteiger partial charge in [0.2, 0.25) is 5.91 Å².